The number of aryl methyl sites for hydroxylation is 2. The van der Waals surface area contributed by atoms with Crippen LogP contribution in [0.25, 0.3) is 11.3 Å². The Bertz CT molecular complexity index is 982. The minimum atomic E-state index is -0.518. The van der Waals surface area contributed by atoms with Crippen LogP contribution in [0.2, 0.25) is 0 Å². The number of aromatic amines is 1. The third-order valence-electron chi connectivity index (χ3n) is 4.30. The summed E-state index contributed by atoms with van der Waals surface area (Å²) in [5, 5.41) is 10.5. The Morgan fingerprint density at radius 2 is 1.89 bits per heavy atom. The molecule has 0 fully saturated rings. The molecular weight excluding hydrogens is 358 g/mol. The van der Waals surface area contributed by atoms with Crippen LogP contribution < -0.4 is 9.47 Å². The first-order valence-corrected chi connectivity index (χ1v) is 8.98. The number of rotatable bonds is 7. The highest BCUT2D eigenvalue weighted by molar-refractivity contribution is 5.94. The lowest BCUT2D eigenvalue weighted by molar-refractivity contribution is 0.0520. The van der Waals surface area contributed by atoms with Crippen molar-refractivity contribution in [2.75, 3.05) is 13.7 Å². The summed E-state index contributed by atoms with van der Waals surface area (Å²) in [6, 6.07) is 11.6. The molecule has 1 heterocycles. The van der Waals surface area contributed by atoms with E-state index in [4.69, 9.17) is 14.2 Å². The Morgan fingerprint density at radius 1 is 1.07 bits per heavy atom. The number of aromatic nitrogens is 3. The van der Waals surface area contributed by atoms with E-state index in [1.165, 1.54) is 0 Å². The lowest BCUT2D eigenvalue weighted by Crippen LogP contribution is -2.07. The molecule has 0 radical (unpaired) electrons. The van der Waals surface area contributed by atoms with Crippen LogP contribution in [0.1, 0.15) is 34.1 Å². The lowest BCUT2D eigenvalue weighted by atomic mass is 10.1. The van der Waals surface area contributed by atoms with Crippen molar-refractivity contribution in [3.8, 4) is 22.8 Å². The van der Waals surface area contributed by atoms with Crippen molar-refractivity contribution < 1.29 is 19.0 Å². The van der Waals surface area contributed by atoms with Crippen molar-refractivity contribution in [2.24, 2.45) is 0 Å². The van der Waals surface area contributed by atoms with Gasteiger partial charge in [0, 0.05) is 11.1 Å². The highest BCUT2D eigenvalue weighted by Crippen LogP contribution is 2.29. The van der Waals surface area contributed by atoms with Gasteiger partial charge in [0.2, 0.25) is 0 Å². The van der Waals surface area contributed by atoms with Gasteiger partial charge in [-0.1, -0.05) is 12.1 Å². The second-order valence-corrected chi connectivity index (χ2v) is 6.33. The largest absolute Gasteiger partial charge is 0.496 e. The first kappa shape index (κ1) is 19.4. The normalized spacial score (nSPS) is 10.6. The van der Waals surface area contributed by atoms with Gasteiger partial charge in [-0.15, -0.1) is 5.10 Å². The van der Waals surface area contributed by atoms with Gasteiger partial charge in [0.05, 0.1) is 13.7 Å². The molecule has 0 bridgehead atoms. The second-order valence-electron chi connectivity index (χ2n) is 6.33. The van der Waals surface area contributed by atoms with Gasteiger partial charge in [-0.3, -0.25) is 0 Å². The fourth-order valence-electron chi connectivity index (χ4n) is 2.83. The first-order chi connectivity index (χ1) is 13.5. The molecule has 3 aromatic rings. The molecule has 0 atom stereocenters. The highest BCUT2D eigenvalue weighted by Gasteiger charge is 2.20. The van der Waals surface area contributed by atoms with Crippen LogP contribution in [0.3, 0.4) is 0 Å². The molecule has 0 aliphatic carbocycles. The van der Waals surface area contributed by atoms with Gasteiger partial charge in [0.25, 0.3) is 0 Å². The topological polar surface area (TPSA) is 86.3 Å². The van der Waals surface area contributed by atoms with Crippen LogP contribution >= 0.6 is 0 Å². The Kier molecular flexibility index (Phi) is 5.93. The molecule has 7 heteroatoms. The molecule has 0 unspecified atom stereocenters. The maximum absolute atomic E-state index is 12.1. The van der Waals surface area contributed by atoms with Crippen LogP contribution in [0.5, 0.6) is 11.5 Å². The zero-order valence-corrected chi connectivity index (χ0v) is 16.4. The van der Waals surface area contributed by atoms with E-state index >= 15 is 0 Å². The Labute approximate surface area is 163 Å². The third kappa shape index (κ3) is 4.14. The molecule has 1 N–H and O–H groups in total. The van der Waals surface area contributed by atoms with Crippen LogP contribution in [-0.2, 0) is 11.3 Å². The smallest absolute Gasteiger partial charge is 0.361 e. The molecule has 2 aromatic carbocycles. The predicted octanol–water partition coefficient (Wildman–Crippen LogP) is 3.85. The molecule has 1 aromatic heterocycles. The summed E-state index contributed by atoms with van der Waals surface area (Å²) in [6.45, 7) is 6.35. The zero-order chi connectivity index (χ0) is 20.1. The maximum Gasteiger partial charge on any atom is 0.361 e. The van der Waals surface area contributed by atoms with E-state index in [1.807, 2.05) is 50.2 Å². The molecule has 0 saturated heterocycles. The molecule has 0 spiro atoms. The Morgan fingerprint density at radius 3 is 2.64 bits per heavy atom. The van der Waals surface area contributed by atoms with Gasteiger partial charge in [-0.05, 0) is 56.2 Å². The van der Waals surface area contributed by atoms with E-state index in [2.05, 4.69) is 15.4 Å². The Balaban J connectivity index is 1.90. The van der Waals surface area contributed by atoms with Gasteiger partial charge in [-0.25, -0.2) is 4.79 Å². The van der Waals surface area contributed by atoms with Gasteiger partial charge in [0.15, 0.2) is 5.69 Å². The van der Waals surface area contributed by atoms with E-state index in [1.54, 1.807) is 14.0 Å². The van der Waals surface area contributed by atoms with Gasteiger partial charge >= 0.3 is 5.97 Å². The molecule has 146 valence electrons. The quantitative estimate of drug-likeness (QED) is 0.626. The third-order valence-corrected chi connectivity index (χ3v) is 4.30. The lowest BCUT2D eigenvalue weighted by Gasteiger charge is -2.13. The van der Waals surface area contributed by atoms with Crippen molar-refractivity contribution in [2.45, 2.75) is 27.4 Å². The number of ether oxygens (including phenoxy) is 3. The summed E-state index contributed by atoms with van der Waals surface area (Å²) in [5.74, 6) is 0.992. The zero-order valence-electron chi connectivity index (χ0n) is 16.4. The van der Waals surface area contributed by atoms with Crippen LogP contribution in [0.15, 0.2) is 36.4 Å². The summed E-state index contributed by atoms with van der Waals surface area (Å²) in [5.41, 5.74) is 4.31. The predicted molar refractivity (Wildman–Crippen MR) is 105 cm³/mol. The SMILES string of the molecule is CCOC(=O)c1n[nH]nc1-c1ccc(OC)c(COc2cc(C)ccc2C)c1. The van der Waals surface area contributed by atoms with Gasteiger partial charge < -0.3 is 14.2 Å². The van der Waals surface area contributed by atoms with Gasteiger partial charge in [0.1, 0.15) is 23.8 Å². The monoisotopic (exact) mass is 381 g/mol. The second kappa shape index (κ2) is 8.56. The fourth-order valence-corrected chi connectivity index (χ4v) is 2.83. The summed E-state index contributed by atoms with van der Waals surface area (Å²) < 4.78 is 16.5. The maximum atomic E-state index is 12.1. The molecule has 7 nitrogen and oxygen atoms in total. The van der Waals surface area contributed by atoms with E-state index in [-0.39, 0.29) is 12.3 Å². The number of methoxy groups -OCH3 is 1. The number of nitrogens with one attached hydrogen (secondary N) is 1. The first-order valence-electron chi connectivity index (χ1n) is 8.98. The van der Waals surface area contributed by atoms with E-state index < -0.39 is 5.97 Å². The van der Waals surface area contributed by atoms with Crippen molar-refractivity contribution in [3.05, 3.63) is 58.8 Å². The molecule has 3 rings (SSSR count). The minimum absolute atomic E-state index is 0.147. The summed E-state index contributed by atoms with van der Waals surface area (Å²) >= 11 is 0. The van der Waals surface area contributed by atoms with Crippen LogP contribution in [0.4, 0.5) is 0 Å². The number of carbonyl (C=O) groups excluding carboxylic acids is 1. The number of H-pyrrole nitrogens is 1. The average Bonchev–Trinajstić information content (AvgIpc) is 3.18. The number of benzene rings is 2. The molecule has 0 amide bonds. The van der Waals surface area contributed by atoms with E-state index in [0.717, 1.165) is 28.0 Å². The van der Waals surface area contributed by atoms with Crippen LogP contribution in [0, 0.1) is 13.8 Å². The molecule has 0 aliphatic heterocycles. The molecule has 0 aliphatic rings. The fraction of sp³-hybridized carbons (Fsp3) is 0.286. The number of esters is 1. The van der Waals surface area contributed by atoms with Crippen molar-refractivity contribution in [1.82, 2.24) is 15.4 Å². The summed E-state index contributed by atoms with van der Waals surface area (Å²) in [4.78, 5) is 12.1. The highest BCUT2D eigenvalue weighted by atomic mass is 16.5. The number of nitrogens with zero attached hydrogens (tertiary/aromatic N) is 2. The van der Waals surface area contributed by atoms with E-state index in [0.29, 0.717) is 18.1 Å². The van der Waals surface area contributed by atoms with Crippen molar-refractivity contribution >= 4 is 5.97 Å². The average molecular weight is 381 g/mol. The van der Waals surface area contributed by atoms with Crippen molar-refractivity contribution in [3.63, 3.8) is 0 Å². The number of hydrogen-bond donors (Lipinski definition) is 1. The minimum Gasteiger partial charge on any atom is -0.496 e. The Hall–Kier alpha value is -3.35. The van der Waals surface area contributed by atoms with Crippen molar-refractivity contribution in [1.29, 1.82) is 0 Å². The molecular formula is C21H23N3O4. The van der Waals surface area contributed by atoms with Crippen LogP contribution in [-0.4, -0.2) is 35.1 Å². The summed E-state index contributed by atoms with van der Waals surface area (Å²) in [6.07, 6.45) is 0. The van der Waals surface area contributed by atoms with E-state index in [9.17, 15) is 4.79 Å². The number of hydrogen-bond acceptors (Lipinski definition) is 6. The van der Waals surface area contributed by atoms with Gasteiger partial charge in [-0.2, -0.15) is 10.3 Å². The summed E-state index contributed by atoms with van der Waals surface area (Å²) in [7, 11) is 1.61. The number of carbonyl (C=O) groups is 1. The standard InChI is InChI=1S/C21H23N3O4/c1-5-27-21(25)20-19(22-24-23-20)15-8-9-17(26-4)16(11-15)12-28-18-10-13(2)6-7-14(18)3/h6-11H,5,12H2,1-4H3,(H,22,23,24). The molecule has 28 heavy (non-hydrogen) atoms. The molecule has 0 saturated carbocycles.